The summed E-state index contributed by atoms with van der Waals surface area (Å²) in [6.07, 6.45) is -24.4. The van der Waals surface area contributed by atoms with E-state index >= 15 is 0 Å². The topological polar surface area (TPSA) is 163 Å². The summed E-state index contributed by atoms with van der Waals surface area (Å²) in [4.78, 5) is 76.6. The molecule has 0 aromatic heterocycles. The van der Waals surface area contributed by atoms with Gasteiger partial charge in [-0.25, -0.2) is 0 Å². The Balaban J connectivity index is 0.000000144. The molecule has 0 aromatic rings. The number of aliphatic hydroxyl groups excluding tert-OH is 3. The molecule has 18 atom stereocenters. The second-order valence-corrected chi connectivity index (χ2v) is 23.1. The Bertz CT molecular complexity index is 3210. The third-order valence-electron chi connectivity index (χ3n) is 19.5. The van der Waals surface area contributed by atoms with Crippen molar-refractivity contribution < 1.29 is 72.9 Å². The molecule has 12 aliphatic carbocycles. The molecule has 0 bridgehead atoms. The Morgan fingerprint density at radius 1 is 0.500 bits per heavy atom. The monoisotopic (exact) mass is 928 g/mol. The fourth-order valence-electron chi connectivity index (χ4n) is 15.7. The summed E-state index contributed by atoms with van der Waals surface area (Å²) >= 11 is 0. The number of carbonyl (C=O) groups is 6. The molecule has 0 radical (unpaired) electrons. The molecule has 12 aliphatic rings. The van der Waals surface area contributed by atoms with Crippen molar-refractivity contribution in [3.63, 3.8) is 0 Å². The third-order valence-corrected chi connectivity index (χ3v) is 19.5. The standard InChI is InChI=1S/C19H28O3.C19H26O3.C19H24O3/c3*1-18-8-7-12(20)9-11(18)3-4-13-14-5-6-16(22)19(14,2)10-15(21)17(13)18/h9,13-17,21-22H,3-8,10H2,1-2H3;9,13-14,16-17,22H,3-8,10H2,1-2H3;9,13-14,17H,3-8,10H2,1-2H3/t13?,14?,15-,16-,17?,18?,19?;13?,14?,16-,17?,18?,19?;/m00./s1/i3*3D2,6D2,7D2,9D. The summed E-state index contributed by atoms with van der Waals surface area (Å²) in [5.41, 5.74) is -7.30. The number of ketones is 6. The van der Waals surface area contributed by atoms with E-state index in [1.807, 2.05) is 0 Å². The van der Waals surface area contributed by atoms with Gasteiger partial charge in [0.1, 0.15) is 17.3 Å². The van der Waals surface area contributed by atoms with E-state index in [4.69, 9.17) is 28.8 Å². The minimum absolute atomic E-state index is 0.00385. The van der Waals surface area contributed by atoms with Crippen LogP contribution in [-0.4, -0.2) is 68.3 Å². The second kappa shape index (κ2) is 16.1. The Hall–Kier alpha value is -2.88. The summed E-state index contributed by atoms with van der Waals surface area (Å²) < 4.78 is 174. The fraction of sp³-hybridized carbons (Fsp3) is 0.789. The van der Waals surface area contributed by atoms with Gasteiger partial charge in [0.2, 0.25) is 0 Å². The van der Waals surface area contributed by atoms with Gasteiger partial charge in [0.05, 0.1) is 22.4 Å². The van der Waals surface area contributed by atoms with Gasteiger partial charge in [-0.2, -0.15) is 0 Å². The van der Waals surface area contributed by atoms with Crippen LogP contribution in [0.4, 0.5) is 0 Å². The molecule has 0 amide bonds. The first-order valence-electron chi connectivity index (χ1n) is 34.4. The molecular formula is C57H78O9. The van der Waals surface area contributed by atoms with Crippen LogP contribution in [0.15, 0.2) is 34.9 Å². The smallest absolute Gasteiger partial charge is 0.155 e. The largest absolute Gasteiger partial charge is 0.393 e. The van der Waals surface area contributed by atoms with Crippen LogP contribution in [0, 0.1) is 85.8 Å². The molecular weight excluding hydrogens is 829 g/mol. The average molecular weight is 928 g/mol. The van der Waals surface area contributed by atoms with E-state index in [0.717, 1.165) is 0 Å². The summed E-state index contributed by atoms with van der Waals surface area (Å²) in [6.45, 7) is 9.79. The number of rotatable bonds is 0. The molecule has 12 rings (SSSR count). The van der Waals surface area contributed by atoms with Crippen molar-refractivity contribution in [2.45, 2.75) is 194 Å². The minimum atomic E-state index is -2.38. The zero-order valence-electron chi connectivity index (χ0n) is 59.7. The van der Waals surface area contributed by atoms with E-state index in [9.17, 15) is 44.1 Å². The van der Waals surface area contributed by atoms with Crippen molar-refractivity contribution in [1.29, 1.82) is 0 Å². The molecule has 0 saturated heterocycles. The molecule has 9 nitrogen and oxygen atoms in total. The molecule has 3 N–H and O–H groups in total. The molecule has 360 valence electrons. The molecule has 15 unspecified atom stereocenters. The number of carbonyl (C=O) groups excluding carboxylic acids is 6. The zero-order valence-corrected chi connectivity index (χ0v) is 38.7. The van der Waals surface area contributed by atoms with E-state index in [2.05, 4.69) is 0 Å². The summed E-state index contributed by atoms with van der Waals surface area (Å²) in [7, 11) is 0. The fourth-order valence-corrected chi connectivity index (χ4v) is 15.7. The normalized spacial score (nSPS) is 63.0. The van der Waals surface area contributed by atoms with Crippen molar-refractivity contribution in [3.8, 4) is 0 Å². The van der Waals surface area contributed by atoms with Crippen molar-refractivity contribution >= 4 is 34.7 Å². The summed E-state index contributed by atoms with van der Waals surface area (Å²) in [6, 6.07) is -1.99. The molecule has 0 spiro atoms. The van der Waals surface area contributed by atoms with Crippen LogP contribution in [0.5, 0.6) is 0 Å². The first kappa shape index (κ1) is 28.1. The lowest BCUT2D eigenvalue weighted by Gasteiger charge is -2.59. The highest BCUT2D eigenvalue weighted by Crippen LogP contribution is 2.67. The number of Topliss-reactive ketones (excluding diaryl/α,β-unsaturated/α-hetero) is 3. The van der Waals surface area contributed by atoms with Crippen molar-refractivity contribution in [1.82, 2.24) is 0 Å². The lowest BCUT2D eigenvalue weighted by atomic mass is 9.46. The van der Waals surface area contributed by atoms with Gasteiger partial charge in [-0.15, -0.1) is 0 Å². The van der Waals surface area contributed by atoms with Crippen LogP contribution in [0.25, 0.3) is 0 Å². The maximum absolute atomic E-state index is 13.4. The van der Waals surface area contributed by atoms with Crippen molar-refractivity contribution in [2.24, 2.45) is 85.8 Å². The van der Waals surface area contributed by atoms with Gasteiger partial charge in [-0.3, -0.25) is 28.8 Å². The molecule has 9 heteroatoms. The third kappa shape index (κ3) is 6.81. The first-order chi connectivity index (χ1) is 39.0. The Labute approximate surface area is 422 Å². The second-order valence-electron chi connectivity index (χ2n) is 23.1. The summed E-state index contributed by atoms with van der Waals surface area (Å²) in [5, 5.41) is 32.5. The maximum Gasteiger partial charge on any atom is 0.155 e. The minimum Gasteiger partial charge on any atom is -0.393 e. The number of allylic oxidation sites excluding steroid dienone is 3. The van der Waals surface area contributed by atoms with Gasteiger partial charge >= 0.3 is 0 Å². The first-order valence-corrected chi connectivity index (χ1v) is 23.9. The van der Waals surface area contributed by atoms with E-state index in [0.29, 0.717) is 0 Å². The number of hydrogen-bond donors (Lipinski definition) is 3. The van der Waals surface area contributed by atoms with E-state index in [1.54, 1.807) is 41.5 Å². The predicted octanol–water partition coefficient (Wildman–Crippen LogP) is 9.17. The molecule has 0 aliphatic heterocycles. The zero-order chi connectivity index (χ0) is 65.8. The van der Waals surface area contributed by atoms with Crippen LogP contribution in [0.1, 0.15) is 205 Å². The number of hydrogen-bond acceptors (Lipinski definition) is 9. The Morgan fingerprint density at radius 3 is 1.48 bits per heavy atom. The number of fused-ring (bicyclic) bond motifs is 15. The number of aliphatic hydroxyl groups is 3. The average Bonchev–Trinajstić information content (AvgIpc) is 1.66. The van der Waals surface area contributed by atoms with Crippen molar-refractivity contribution in [3.05, 3.63) is 34.9 Å². The van der Waals surface area contributed by atoms with E-state index in [1.165, 1.54) is 0 Å². The van der Waals surface area contributed by atoms with Gasteiger partial charge in [0.25, 0.3) is 0 Å². The van der Waals surface area contributed by atoms with E-state index < -0.39 is 203 Å². The van der Waals surface area contributed by atoms with Gasteiger partial charge in [-0.05, 0) is 177 Å². The summed E-state index contributed by atoms with van der Waals surface area (Å²) in [5.74, 6) is -9.69. The lowest BCUT2D eigenvalue weighted by Crippen LogP contribution is -2.57. The molecule has 66 heavy (non-hydrogen) atoms. The van der Waals surface area contributed by atoms with Gasteiger partial charge in [0, 0.05) is 85.7 Å². The van der Waals surface area contributed by atoms with Crippen LogP contribution in [-0.2, 0) is 28.8 Å². The van der Waals surface area contributed by atoms with Crippen LogP contribution in [0.2, 0.25) is 0 Å². The molecule has 9 fully saturated rings. The molecule has 9 saturated carbocycles. The quantitative estimate of drug-likeness (QED) is 0.215. The van der Waals surface area contributed by atoms with Crippen LogP contribution < -0.4 is 0 Å². The lowest BCUT2D eigenvalue weighted by molar-refractivity contribution is -0.150. The van der Waals surface area contributed by atoms with Gasteiger partial charge in [0.15, 0.2) is 17.3 Å². The Kier molecular flexibility index (Phi) is 6.84. The van der Waals surface area contributed by atoms with Crippen LogP contribution in [0.3, 0.4) is 0 Å². The highest BCUT2D eigenvalue weighted by molar-refractivity contribution is 5.97. The Morgan fingerprint density at radius 2 is 0.939 bits per heavy atom. The van der Waals surface area contributed by atoms with E-state index in [-0.39, 0.29) is 105 Å². The maximum atomic E-state index is 13.4. The van der Waals surface area contributed by atoms with Crippen molar-refractivity contribution in [2.75, 3.05) is 0 Å². The highest BCUT2D eigenvalue weighted by atomic mass is 16.3. The predicted molar refractivity (Wildman–Crippen MR) is 249 cm³/mol. The highest BCUT2D eigenvalue weighted by Gasteiger charge is 2.65. The molecule has 0 aromatic carbocycles. The SMILES string of the molecule is [2H]C1=C2C([2H])([2H])CC3C(C(=O)CC4(C)C3CC([2H])([2H])[C@@H]4O)C2(C)CC([2H])([2H])C1=O.[2H]C1=C2C([2H])([2H])CC3C([C@@H](O)CC4(C)C3CC([2H])([2H])[C@@H]4O)C2(C)CC([2H])([2H])C1=O.[2H]C1=C2C([2H])([2H])CC3C4CC([2H])([2H])C(=O)C4(C)CC(=O)C3C2(C)CC([2H])([2H])C1=O. The van der Waals surface area contributed by atoms with Crippen LogP contribution >= 0.6 is 0 Å². The van der Waals surface area contributed by atoms with Gasteiger partial charge < -0.3 is 15.3 Å². The van der Waals surface area contributed by atoms with Gasteiger partial charge in [-0.1, -0.05) is 58.3 Å². The molecule has 0 heterocycles.